The minimum absolute atomic E-state index is 0.883. The molecule has 0 amide bonds. The molecule has 2 heteroatoms. The number of anilines is 2. The largest absolute Gasteiger partial charge is 0.397 e. The van der Waals surface area contributed by atoms with Crippen LogP contribution in [-0.2, 0) is 0 Å². The van der Waals surface area contributed by atoms with Gasteiger partial charge in [-0.1, -0.05) is 13.0 Å². The zero-order valence-corrected chi connectivity index (χ0v) is 8.65. The number of aryl methyl sites for hydroxylation is 1. The van der Waals surface area contributed by atoms with E-state index < -0.39 is 0 Å². The average Bonchev–Trinajstić information content (AvgIpc) is 2.13. The maximum Gasteiger partial charge on any atom is 0.0582 e. The molecule has 0 atom stereocenters. The molecule has 1 aromatic rings. The van der Waals surface area contributed by atoms with E-state index in [1.54, 1.807) is 0 Å². The van der Waals surface area contributed by atoms with Crippen LogP contribution < -0.4 is 11.1 Å². The van der Waals surface area contributed by atoms with E-state index in [0.717, 1.165) is 24.3 Å². The number of hydrogen-bond donors (Lipinski definition) is 2. The maximum absolute atomic E-state index is 5.96. The van der Waals surface area contributed by atoms with Crippen molar-refractivity contribution in [2.24, 2.45) is 0 Å². The standard InChI is InChI=1S/C11H18N2/c1-4-7-13-10-6-5-8(2)9(3)11(10)12/h5-6,13H,4,7,12H2,1-3H3. The fraction of sp³-hybridized carbons (Fsp3) is 0.455. The predicted octanol–water partition coefficient (Wildman–Crippen LogP) is 2.71. The van der Waals surface area contributed by atoms with Crippen LogP contribution in [0.5, 0.6) is 0 Å². The lowest BCUT2D eigenvalue weighted by molar-refractivity contribution is 0.979. The van der Waals surface area contributed by atoms with Gasteiger partial charge in [-0.15, -0.1) is 0 Å². The fourth-order valence-corrected chi connectivity index (χ4v) is 1.25. The van der Waals surface area contributed by atoms with Gasteiger partial charge in [0.25, 0.3) is 0 Å². The lowest BCUT2D eigenvalue weighted by Crippen LogP contribution is -2.04. The van der Waals surface area contributed by atoms with E-state index in [0.29, 0.717) is 0 Å². The Balaban J connectivity index is 2.90. The van der Waals surface area contributed by atoms with E-state index >= 15 is 0 Å². The molecule has 1 aromatic carbocycles. The van der Waals surface area contributed by atoms with Crippen LogP contribution in [-0.4, -0.2) is 6.54 Å². The second-order valence-corrected chi connectivity index (χ2v) is 3.40. The van der Waals surface area contributed by atoms with E-state index in [-0.39, 0.29) is 0 Å². The second kappa shape index (κ2) is 4.17. The number of nitrogen functional groups attached to an aromatic ring is 1. The third kappa shape index (κ3) is 2.14. The van der Waals surface area contributed by atoms with Gasteiger partial charge in [-0.3, -0.25) is 0 Å². The van der Waals surface area contributed by atoms with E-state index in [9.17, 15) is 0 Å². The molecule has 0 aliphatic carbocycles. The molecule has 0 spiro atoms. The van der Waals surface area contributed by atoms with Crippen LogP contribution in [0.4, 0.5) is 11.4 Å². The first-order valence-electron chi connectivity index (χ1n) is 4.76. The van der Waals surface area contributed by atoms with Crippen molar-refractivity contribution >= 4 is 11.4 Å². The predicted molar refractivity (Wildman–Crippen MR) is 59.1 cm³/mol. The second-order valence-electron chi connectivity index (χ2n) is 3.40. The van der Waals surface area contributed by atoms with Gasteiger partial charge >= 0.3 is 0 Å². The molecular formula is C11H18N2. The molecule has 3 N–H and O–H groups in total. The molecular weight excluding hydrogens is 160 g/mol. The SMILES string of the molecule is CCCNc1ccc(C)c(C)c1N. The van der Waals surface area contributed by atoms with Crippen molar-refractivity contribution in [2.45, 2.75) is 27.2 Å². The third-order valence-electron chi connectivity index (χ3n) is 2.35. The van der Waals surface area contributed by atoms with Crippen molar-refractivity contribution in [3.63, 3.8) is 0 Å². The highest BCUT2D eigenvalue weighted by Crippen LogP contribution is 2.24. The molecule has 0 radical (unpaired) electrons. The van der Waals surface area contributed by atoms with Gasteiger partial charge in [-0.2, -0.15) is 0 Å². The highest BCUT2D eigenvalue weighted by Gasteiger charge is 2.02. The minimum atomic E-state index is 0.883. The smallest absolute Gasteiger partial charge is 0.0582 e. The van der Waals surface area contributed by atoms with E-state index in [4.69, 9.17) is 5.73 Å². The number of nitrogens with one attached hydrogen (secondary N) is 1. The first kappa shape index (κ1) is 9.90. The summed E-state index contributed by atoms with van der Waals surface area (Å²) < 4.78 is 0. The van der Waals surface area contributed by atoms with Gasteiger partial charge in [0.2, 0.25) is 0 Å². The van der Waals surface area contributed by atoms with Gasteiger partial charge in [0, 0.05) is 6.54 Å². The van der Waals surface area contributed by atoms with Gasteiger partial charge < -0.3 is 11.1 Å². The highest BCUT2D eigenvalue weighted by atomic mass is 14.9. The molecule has 2 nitrogen and oxygen atoms in total. The zero-order valence-electron chi connectivity index (χ0n) is 8.65. The number of benzene rings is 1. The minimum Gasteiger partial charge on any atom is -0.397 e. The fourth-order valence-electron chi connectivity index (χ4n) is 1.25. The quantitative estimate of drug-likeness (QED) is 0.698. The molecule has 0 saturated heterocycles. The molecule has 0 aliphatic heterocycles. The van der Waals surface area contributed by atoms with Crippen molar-refractivity contribution in [1.29, 1.82) is 0 Å². The highest BCUT2D eigenvalue weighted by molar-refractivity contribution is 5.71. The first-order valence-corrected chi connectivity index (χ1v) is 4.76. The number of nitrogens with two attached hydrogens (primary N) is 1. The summed E-state index contributed by atoms with van der Waals surface area (Å²) in [5.74, 6) is 0. The lowest BCUT2D eigenvalue weighted by atomic mass is 10.1. The average molecular weight is 178 g/mol. The summed E-state index contributed by atoms with van der Waals surface area (Å²) in [5.41, 5.74) is 10.3. The van der Waals surface area contributed by atoms with Gasteiger partial charge in [-0.25, -0.2) is 0 Å². The first-order chi connectivity index (χ1) is 6.16. The van der Waals surface area contributed by atoms with E-state index in [1.807, 2.05) is 6.07 Å². The van der Waals surface area contributed by atoms with Crippen molar-refractivity contribution < 1.29 is 0 Å². The molecule has 13 heavy (non-hydrogen) atoms. The Bertz CT molecular complexity index is 292. The normalized spacial score (nSPS) is 10.1. The number of rotatable bonds is 3. The Morgan fingerprint density at radius 3 is 2.62 bits per heavy atom. The summed E-state index contributed by atoms with van der Waals surface area (Å²) in [6.07, 6.45) is 1.12. The van der Waals surface area contributed by atoms with Crippen LogP contribution >= 0.6 is 0 Å². The Morgan fingerprint density at radius 2 is 2.00 bits per heavy atom. The van der Waals surface area contributed by atoms with Gasteiger partial charge in [-0.05, 0) is 37.5 Å². The molecule has 0 saturated carbocycles. The monoisotopic (exact) mass is 178 g/mol. The van der Waals surface area contributed by atoms with Crippen LogP contribution in [0, 0.1) is 13.8 Å². The summed E-state index contributed by atoms with van der Waals surface area (Å²) in [7, 11) is 0. The Morgan fingerprint density at radius 1 is 1.31 bits per heavy atom. The molecule has 0 heterocycles. The third-order valence-corrected chi connectivity index (χ3v) is 2.35. The van der Waals surface area contributed by atoms with Crippen molar-refractivity contribution in [3.8, 4) is 0 Å². The van der Waals surface area contributed by atoms with Crippen LogP contribution in [0.3, 0.4) is 0 Å². The Hall–Kier alpha value is -1.18. The topological polar surface area (TPSA) is 38.0 Å². The Labute approximate surface area is 80.1 Å². The lowest BCUT2D eigenvalue weighted by Gasteiger charge is -2.12. The van der Waals surface area contributed by atoms with Crippen LogP contribution in [0.1, 0.15) is 24.5 Å². The van der Waals surface area contributed by atoms with Crippen LogP contribution in [0.15, 0.2) is 12.1 Å². The maximum atomic E-state index is 5.96. The summed E-state index contributed by atoms with van der Waals surface area (Å²) >= 11 is 0. The van der Waals surface area contributed by atoms with E-state index in [1.165, 1.54) is 11.1 Å². The van der Waals surface area contributed by atoms with Gasteiger partial charge in [0.05, 0.1) is 11.4 Å². The number of hydrogen-bond acceptors (Lipinski definition) is 2. The summed E-state index contributed by atoms with van der Waals surface area (Å²) in [6, 6.07) is 4.15. The molecule has 0 unspecified atom stereocenters. The van der Waals surface area contributed by atoms with Crippen molar-refractivity contribution in [1.82, 2.24) is 0 Å². The molecule has 0 bridgehead atoms. The molecule has 0 aliphatic rings. The van der Waals surface area contributed by atoms with Crippen LogP contribution in [0.25, 0.3) is 0 Å². The van der Waals surface area contributed by atoms with Gasteiger partial charge in [0.15, 0.2) is 0 Å². The molecule has 1 rings (SSSR count). The zero-order chi connectivity index (χ0) is 9.84. The Kier molecular flexibility index (Phi) is 3.18. The van der Waals surface area contributed by atoms with Crippen molar-refractivity contribution in [3.05, 3.63) is 23.3 Å². The summed E-state index contributed by atoms with van der Waals surface area (Å²) in [5, 5.41) is 3.31. The molecule has 0 fully saturated rings. The van der Waals surface area contributed by atoms with Crippen LogP contribution in [0.2, 0.25) is 0 Å². The van der Waals surface area contributed by atoms with Gasteiger partial charge in [0.1, 0.15) is 0 Å². The van der Waals surface area contributed by atoms with E-state index in [2.05, 4.69) is 32.2 Å². The summed E-state index contributed by atoms with van der Waals surface area (Å²) in [6.45, 7) is 7.26. The van der Waals surface area contributed by atoms with Crippen molar-refractivity contribution in [2.75, 3.05) is 17.6 Å². The summed E-state index contributed by atoms with van der Waals surface area (Å²) in [4.78, 5) is 0. The molecule has 72 valence electrons. The molecule has 0 aromatic heterocycles.